The van der Waals surface area contributed by atoms with E-state index in [1.54, 1.807) is 0 Å². The number of hydrogen-bond donors (Lipinski definition) is 1. The molecular weight excluding hydrogens is 181 g/mol. The smallest absolute Gasteiger partial charge is 0.222 e. The second-order valence-corrected chi connectivity index (χ2v) is 4.64. The third-order valence-electron chi connectivity index (χ3n) is 2.55. The Morgan fingerprint density at radius 1 is 1.36 bits per heavy atom. The first-order chi connectivity index (χ1) is 6.55. The molecule has 1 N–H and O–H groups in total. The van der Waals surface area contributed by atoms with Gasteiger partial charge in [-0.1, -0.05) is 13.8 Å². The fraction of sp³-hybridized carbons (Fsp3) is 0.600. The molecule has 1 aromatic heterocycles. The number of hydrogen-bond acceptors (Lipinski definition) is 3. The topological polar surface area (TPSA) is 37.8 Å². The third kappa shape index (κ3) is 2.00. The zero-order valence-electron chi connectivity index (χ0n) is 8.42. The summed E-state index contributed by atoms with van der Waals surface area (Å²) in [5.41, 5.74) is 0.428. The molecule has 1 aliphatic rings. The minimum Gasteiger partial charge on any atom is -0.351 e. The molecule has 1 saturated carbocycles. The number of aromatic nitrogens is 2. The van der Waals surface area contributed by atoms with Gasteiger partial charge in [0.05, 0.1) is 12.4 Å². The molecule has 3 nitrogen and oxygen atoms in total. The Kier molecular flexibility index (Phi) is 2.13. The highest BCUT2D eigenvalue weighted by Crippen LogP contribution is 2.40. The van der Waals surface area contributed by atoms with Gasteiger partial charge in [0.25, 0.3) is 0 Å². The zero-order chi connectivity index (χ0) is 10.2. The van der Waals surface area contributed by atoms with Crippen molar-refractivity contribution >= 4 is 5.95 Å². The molecule has 1 heterocycles. The summed E-state index contributed by atoms with van der Waals surface area (Å²) in [7, 11) is 0. The highest BCUT2D eigenvalue weighted by atomic mass is 19.1. The van der Waals surface area contributed by atoms with Crippen molar-refractivity contribution in [1.82, 2.24) is 9.97 Å². The molecule has 0 radical (unpaired) electrons. The first-order valence-corrected chi connectivity index (χ1v) is 4.79. The largest absolute Gasteiger partial charge is 0.351 e. The van der Waals surface area contributed by atoms with E-state index in [9.17, 15) is 4.39 Å². The summed E-state index contributed by atoms with van der Waals surface area (Å²) in [6.07, 6.45) is 4.60. The molecule has 2 rings (SSSR count). The summed E-state index contributed by atoms with van der Waals surface area (Å²) in [5, 5.41) is 3.17. The van der Waals surface area contributed by atoms with Crippen LogP contribution in [0.4, 0.5) is 10.3 Å². The SMILES string of the molecule is CC1(C)CC(Nc2ncc(F)cn2)C1. The van der Waals surface area contributed by atoms with Crippen LogP contribution in [0.3, 0.4) is 0 Å². The van der Waals surface area contributed by atoms with Gasteiger partial charge in [-0.25, -0.2) is 14.4 Å². The van der Waals surface area contributed by atoms with E-state index in [2.05, 4.69) is 29.1 Å². The van der Waals surface area contributed by atoms with Crippen LogP contribution >= 0.6 is 0 Å². The Bertz CT molecular complexity index is 313. The van der Waals surface area contributed by atoms with Gasteiger partial charge in [0.2, 0.25) is 5.95 Å². The number of rotatable bonds is 2. The van der Waals surface area contributed by atoms with Crippen molar-refractivity contribution in [1.29, 1.82) is 0 Å². The highest BCUT2D eigenvalue weighted by molar-refractivity contribution is 5.26. The van der Waals surface area contributed by atoms with E-state index < -0.39 is 5.82 Å². The predicted octanol–water partition coefficient (Wildman–Crippen LogP) is 2.22. The van der Waals surface area contributed by atoms with Crippen molar-refractivity contribution in [2.75, 3.05) is 5.32 Å². The Balaban J connectivity index is 1.90. The van der Waals surface area contributed by atoms with Crippen molar-refractivity contribution in [2.45, 2.75) is 32.7 Å². The average molecular weight is 195 g/mol. The standard InChI is InChI=1S/C10H14FN3/c1-10(2)3-8(4-10)14-9-12-5-7(11)6-13-9/h5-6,8H,3-4H2,1-2H3,(H,12,13,14). The summed E-state index contributed by atoms with van der Waals surface area (Å²) in [6, 6.07) is 0.440. The fourth-order valence-corrected chi connectivity index (χ4v) is 1.95. The van der Waals surface area contributed by atoms with Crippen molar-refractivity contribution in [2.24, 2.45) is 5.41 Å². The van der Waals surface area contributed by atoms with Gasteiger partial charge in [0.15, 0.2) is 5.82 Å². The van der Waals surface area contributed by atoms with Crippen LogP contribution in [-0.2, 0) is 0 Å². The lowest BCUT2D eigenvalue weighted by Gasteiger charge is -2.42. The van der Waals surface area contributed by atoms with Crippen LogP contribution in [-0.4, -0.2) is 16.0 Å². The molecule has 14 heavy (non-hydrogen) atoms. The number of nitrogens with zero attached hydrogens (tertiary/aromatic N) is 2. The molecule has 1 aromatic rings. The van der Waals surface area contributed by atoms with E-state index >= 15 is 0 Å². The van der Waals surface area contributed by atoms with E-state index in [1.807, 2.05) is 0 Å². The van der Waals surface area contributed by atoms with Crippen molar-refractivity contribution in [3.8, 4) is 0 Å². The van der Waals surface area contributed by atoms with Crippen LogP contribution < -0.4 is 5.32 Å². The van der Waals surface area contributed by atoms with Crippen LogP contribution in [0.25, 0.3) is 0 Å². The van der Waals surface area contributed by atoms with Crippen molar-refractivity contribution in [3.05, 3.63) is 18.2 Å². The summed E-state index contributed by atoms with van der Waals surface area (Å²) in [4.78, 5) is 7.70. The average Bonchev–Trinajstić information content (AvgIpc) is 2.06. The maximum Gasteiger partial charge on any atom is 0.222 e. The normalized spacial score (nSPS) is 20.2. The van der Waals surface area contributed by atoms with Gasteiger partial charge in [0.1, 0.15) is 0 Å². The minimum absolute atomic E-state index is 0.399. The molecule has 1 fully saturated rings. The lowest BCUT2D eigenvalue weighted by molar-refractivity contribution is 0.167. The Morgan fingerprint density at radius 2 is 1.93 bits per heavy atom. The summed E-state index contributed by atoms with van der Waals surface area (Å²) >= 11 is 0. The van der Waals surface area contributed by atoms with Crippen molar-refractivity contribution in [3.63, 3.8) is 0 Å². The quantitative estimate of drug-likeness (QED) is 0.786. The number of halogens is 1. The molecule has 0 spiro atoms. The van der Waals surface area contributed by atoms with E-state index in [0.29, 0.717) is 17.4 Å². The van der Waals surface area contributed by atoms with Gasteiger partial charge >= 0.3 is 0 Å². The van der Waals surface area contributed by atoms with E-state index in [-0.39, 0.29) is 0 Å². The van der Waals surface area contributed by atoms with Crippen LogP contribution in [0.1, 0.15) is 26.7 Å². The van der Waals surface area contributed by atoms with Crippen LogP contribution in [0.2, 0.25) is 0 Å². The van der Waals surface area contributed by atoms with Gasteiger partial charge in [-0.05, 0) is 18.3 Å². The molecule has 0 atom stereocenters. The Hall–Kier alpha value is -1.19. The summed E-state index contributed by atoms with van der Waals surface area (Å²) in [6.45, 7) is 4.47. The lowest BCUT2D eigenvalue weighted by atomic mass is 9.68. The van der Waals surface area contributed by atoms with Gasteiger partial charge in [-0.2, -0.15) is 0 Å². The first-order valence-electron chi connectivity index (χ1n) is 4.79. The second kappa shape index (κ2) is 3.19. The molecule has 0 aliphatic heterocycles. The van der Waals surface area contributed by atoms with Gasteiger partial charge in [-0.15, -0.1) is 0 Å². The number of nitrogens with one attached hydrogen (secondary N) is 1. The Labute approximate surface area is 82.8 Å². The van der Waals surface area contributed by atoms with Gasteiger partial charge in [-0.3, -0.25) is 0 Å². The lowest BCUT2D eigenvalue weighted by Crippen LogP contribution is -2.41. The number of anilines is 1. The maximum atomic E-state index is 12.5. The fourth-order valence-electron chi connectivity index (χ4n) is 1.95. The molecule has 0 saturated heterocycles. The molecule has 0 unspecified atom stereocenters. The summed E-state index contributed by atoms with van der Waals surface area (Å²) in [5.74, 6) is 0.122. The zero-order valence-corrected chi connectivity index (χ0v) is 8.42. The molecule has 4 heteroatoms. The molecule has 0 bridgehead atoms. The van der Waals surface area contributed by atoms with Crippen LogP contribution in [0.15, 0.2) is 12.4 Å². The maximum absolute atomic E-state index is 12.5. The van der Waals surface area contributed by atoms with Crippen LogP contribution in [0.5, 0.6) is 0 Å². The van der Waals surface area contributed by atoms with Crippen LogP contribution in [0, 0.1) is 11.2 Å². The second-order valence-electron chi connectivity index (χ2n) is 4.64. The first kappa shape index (κ1) is 9.37. The summed E-state index contributed by atoms with van der Waals surface area (Å²) < 4.78 is 12.5. The molecule has 0 aromatic carbocycles. The van der Waals surface area contributed by atoms with Crippen molar-refractivity contribution < 1.29 is 4.39 Å². The van der Waals surface area contributed by atoms with E-state index in [0.717, 1.165) is 12.8 Å². The molecular formula is C10H14FN3. The van der Waals surface area contributed by atoms with Gasteiger partial charge in [0, 0.05) is 6.04 Å². The van der Waals surface area contributed by atoms with Gasteiger partial charge < -0.3 is 5.32 Å². The minimum atomic E-state index is -0.399. The highest BCUT2D eigenvalue weighted by Gasteiger charge is 2.36. The predicted molar refractivity (Wildman–Crippen MR) is 52.4 cm³/mol. The monoisotopic (exact) mass is 195 g/mol. The molecule has 76 valence electrons. The third-order valence-corrected chi connectivity index (χ3v) is 2.55. The molecule has 1 aliphatic carbocycles. The van der Waals surface area contributed by atoms with E-state index in [4.69, 9.17) is 0 Å². The van der Waals surface area contributed by atoms with E-state index in [1.165, 1.54) is 12.4 Å². The Morgan fingerprint density at radius 3 is 2.43 bits per heavy atom. The molecule has 0 amide bonds.